The van der Waals surface area contributed by atoms with Crippen molar-refractivity contribution in [2.24, 2.45) is 0 Å². The van der Waals surface area contributed by atoms with Gasteiger partial charge in [-0.2, -0.15) is 0 Å². The van der Waals surface area contributed by atoms with Crippen LogP contribution < -0.4 is 0 Å². The van der Waals surface area contributed by atoms with Crippen molar-refractivity contribution in [3.8, 4) is 17.6 Å². The Morgan fingerprint density at radius 2 is 1.47 bits per heavy atom. The lowest BCUT2D eigenvalue weighted by Gasteiger charge is -1.99. The highest BCUT2D eigenvalue weighted by atomic mass is 16.3. The molecule has 2 aromatic rings. The minimum absolute atomic E-state index is 0.231. The van der Waals surface area contributed by atoms with Crippen molar-refractivity contribution in [1.82, 2.24) is 0 Å². The van der Waals surface area contributed by atoms with Gasteiger partial charge in [-0.3, -0.25) is 0 Å². The van der Waals surface area contributed by atoms with Gasteiger partial charge in [-0.15, -0.1) is 0 Å². The Morgan fingerprint density at radius 1 is 0.882 bits per heavy atom. The van der Waals surface area contributed by atoms with E-state index in [2.05, 4.69) is 24.8 Å². The quantitative estimate of drug-likeness (QED) is 0.733. The molecule has 17 heavy (non-hydrogen) atoms. The van der Waals surface area contributed by atoms with Gasteiger partial charge in [0, 0.05) is 5.56 Å². The third-order valence-corrected chi connectivity index (χ3v) is 2.63. The maximum Gasteiger partial charge on any atom is 0.131 e. The molecule has 0 unspecified atom stereocenters. The first-order valence-corrected chi connectivity index (χ1v) is 5.69. The van der Waals surface area contributed by atoms with E-state index in [0.717, 1.165) is 12.0 Å². The summed E-state index contributed by atoms with van der Waals surface area (Å²) in [6, 6.07) is 15.2. The monoisotopic (exact) mass is 222 g/mol. The molecule has 0 saturated heterocycles. The zero-order chi connectivity index (χ0) is 12.1. The molecular formula is C16H14O. The second kappa shape index (κ2) is 5.23. The first-order chi connectivity index (χ1) is 8.31. The fraction of sp³-hybridized carbons (Fsp3) is 0.125. The molecular weight excluding hydrogens is 208 g/mol. The lowest BCUT2D eigenvalue weighted by atomic mass is 10.1. The zero-order valence-corrected chi connectivity index (χ0v) is 9.77. The van der Waals surface area contributed by atoms with Crippen LogP contribution in [-0.4, -0.2) is 5.11 Å². The third-order valence-electron chi connectivity index (χ3n) is 2.63. The summed E-state index contributed by atoms with van der Waals surface area (Å²) < 4.78 is 0. The lowest BCUT2D eigenvalue weighted by molar-refractivity contribution is 0.473. The largest absolute Gasteiger partial charge is 0.507 e. The van der Waals surface area contributed by atoms with Gasteiger partial charge in [-0.05, 0) is 30.2 Å². The van der Waals surface area contributed by atoms with Crippen LogP contribution in [0.4, 0.5) is 0 Å². The van der Waals surface area contributed by atoms with E-state index >= 15 is 0 Å². The molecule has 0 spiro atoms. The van der Waals surface area contributed by atoms with E-state index in [0.29, 0.717) is 5.56 Å². The molecule has 0 heterocycles. The maximum atomic E-state index is 9.61. The Balaban J connectivity index is 2.37. The average molecular weight is 222 g/mol. The number of phenols is 1. The molecule has 84 valence electrons. The highest BCUT2D eigenvalue weighted by molar-refractivity contribution is 5.50. The SMILES string of the molecule is CCc1ccccc1C#Cc1ccccc1O. The lowest BCUT2D eigenvalue weighted by Crippen LogP contribution is -1.86. The Hall–Kier alpha value is -2.20. The zero-order valence-electron chi connectivity index (χ0n) is 9.77. The van der Waals surface area contributed by atoms with Crippen molar-refractivity contribution in [3.05, 3.63) is 65.2 Å². The summed E-state index contributed by atoms with van der Waals surface area (Å²) in [5.41, 5.74) is 2.92. The molecule has 1 N–H and O–H groups in total. The predicted molar refractivity (Wildman–Crippen MR) is 69.9 cm³/mol. The van der Waals surface area contributed by atoms with Gasteiger partial charge in [0.2, 0.25) is 0 Å². The first kappa shape index (κ1) is 11.3. The van der Waals surface area contributed by atoms with Crippen molar-refractivity contribution in [2.75, 3.05) is 0 Å². The molecule has 0 fully saturated rings. The van der Waals surface area contributed by atoms with E-state index in [4.69, 9.17) is 0 Å². The molecule has 0 saturated carbocycles. The number of hydrogen-bond acceptors (Lipinski definition) is 1. The normalized spacial score (nSPS) is 9.47. The molecule has 0 bridgehead atoms. The number of hydrogen-bond donors (Lipinski definition) is 1. The average Bonchev–Trinajstić information content (AvgIpc) is 2.38. The third kappa shape index (κ3) is 2.68. The summed E-state index contributed by atoms with van der Waals surface area (Å²) in [5, 5.41) is 9.61. The fourth-order valence-corrected chi connectivity index (χ4v) is 1.66. The molecule has 0 atom stereocenters. The Morgan fingerprint density at radius 3 is 2.18 bits per heavy atom. The first-order valence-electron chi connectivity index (χ1n) is 5.69. The van der Waals surface area contributed by atoms with Crippen LogP contribution >= 0.6 is 0 Å². The molecule has 1 nitrogen and oxygen atoms in total. The van der Waals surface area contributed by atoms with Crippen LogP contribution in [0.3, 0.4) is 0 Å². The van der Waals surface area contributed by atoms with Crippen molar-refractivity contribution < 1.29 is 5.11 Å². The van der Waals surface area contributed by atoms with Gasteiger partial charge in [0.1, 0.15) is 5.75 Å². The number of rotatable bonds is 1. The van der Waals surface area contributed by atoms with Crippen LogP contribution in [0.15, 0.2) is 48.5 Å². The van der Waals surface area contributed by atoms with Crippen LogP contribution in [-0.2, 0) is 6.42 Å². The standard InChI is InChI=1S/C16H14O/c1-2-13-7-3-4-8-14(13)11-12-15-9-5-6-10-16(15)17/h3-10,17H,2H2,1H3. The van der Waals surface area contributed by atoms with Crippen LogP contribution in [0, 0.1) is 11.8 Å². The Labute approximate surface area is 102 Å². The predicted octanol–water partition coefficient (Wildman–Crippen LogP) is 3.35. The van der Waals surface area contributed by atoms with Gasteiger partial charge in [0.05, 0.1) is 5.56 Å². The smallest absolute Gasteiger partial charge is 0.131 e. The summed E-state index contributed by atoms with van der Waals surface area (Å²) in [6.07, 6.45) is 0.964. The maximum absolute atomic E-state index is 9.61. The van der Waals surface area contributed by atoms with Crippen LogP contribution in [0.2, 0.25) is 0 Å². The molecule has 0 amide bonds. The van der Waals surface area contributed by atoms with Gasteiger partial charge in [-0.25, -0.2) is 0 Å². The summed E-state index contributed by atoms with van der Waals surface area (Å²) >= 11 is 0. The minimum atomic E-state index is 0.231. The highest BCUT2D eigenvalue weighted by Gasteiger charge is 1.96. The van der Waals surface area contributed by atoms with E-state index in [-0.39, 0.29) is 5.75 Å². The Bertz CT molecular complexity index is 573. The number of para-hydroxylation sites is 1. The molecule has 0 aliphatic rings. The van der Waals surface area contributed by atoms with E-state index in [1.165, 1.54) is 5.56 Å². The van der Waals surface area contributed by atoms with Gasteiger partial charge < -0.3 is 5.11 Å². The second-order valence-corrected chi connectivity index (χ2v) is 3.78. The van der Waals surface area contributed by atoms with Gasteiger partial charge in [0.15, 0.2) is 0 Å². The molecule has 0 aliphatic heterocycles. The molecule has 2 rings (SSSR count). The number of benzene rings is 2. The molecule has 0 radical (unpaired) electrons. The Kier molecular flexibility index (Phi) is 3.47. The van der Waals surface area contributed by atoms with Crippen LogP contribution in [0.5, 0.6) is 5.75 Å². The van der Waals surface area contributed by atoms with E-state index in [9.17, 15) is 5.11 Å². The topological polar surface area (TPSA) is 20.2 Å². The van der Waals surface area contributed by atoms with E-state index < -0.39 is 0 Å². The summed E-state index contributed by atoms with van der Waals surface area (Å²) in [5.74, 6) is 6.35. The number of phenolic OH excluding ortho intramolecular Hbond substituents is 1. The van der Waals surface area contributed by atoms with E-state index in [1.54, 1.807) is 12.1 Å². The minimum Gasteiger partial charge on any atom is -0.507 e. The fourth-order valence-electron chi connectivity index (χ4n) is 1.66. The molecule has 0 aliphatic carbocycles. The number of aromatic hydroxyl groups is 1. The molecule has 0 aromatic heterocycles. The second-order valence-electron chi connectivity index (χ2n) is 3.78. The van der Waals surface area contributed by atoms with Crippen molar-refractivity contribution in [3.63, 3.8) is 0 Å². The summed E-state index contributed by atoms with van der Waals surface area (Å²) in [7, 11) is 0. The molecule has 2 aromatic carbocycles. The van der Waals surface area contributed by atoms with Crippen molar-refractivity contribution in [2.45, 2.75) is 13.3 Å². The van der Waals surface area contributed by atoms with Crippen molar-refractivity contribution >= 4 is 0 Å². The van der Waals surface area contributed by atoms with Gasteiger partial charge in [0.25, 0.3) is 0 Å². The number of aryl methyl sites for hydroxylation is 1. The van der Waals surface area contributed by atoms with Crippen molar-refractivity contribution in [1.29, 1.82) is 0 Å². The van der Waals surface area contributed by atoms with E-state index in [1.807, 2.05) is 30.3 Å². The van der Waals surface area contributed by atoms with Gasteiger partial charge >= 0.3 is 0 Å². The van der Waals surface area contributed by atoms with Crippen LogP contribution in [0.25, 0.3) is 0 Å². The highest BCUT2D eigenvalue weighted by Crippen LogP contribution is 2.14. The molecule has 1 heteroatoms. The summed E-state index contributed by atoms with van der Waals surface area (Å²) in [4.78, 5) is 0. The van der Waals surface area contributed by atoms with Crippen LogP contribution in [0.1, 0.15) is 23.6 Å². The van der Waals surface area contributed by atoms with Gasteiger partial charge in [-0.1, -0.05) is 49.1 Å². The summed E-state index contributed by atoms with van der Waals surface area (Å²) in [6.45, 7) is 2.11.